The molecule has 0 unspecified atom stereocenters. The third-order valence-electron chi connectivity index (χ3n) is 3.01. The molecule has 1 aromatic rings. The molecule has 4 nitrogen and oxygen atoms in total. The second-order valence-corrected chi connectivity index (χ2v) is 6.46. The SMILES string of the molecule is CCC/C=C/CC(=O)Cc1ccccc1NC(=O)OC(C)(C)C. The van der Waals surface area contributed by atoms with Crippen LogP contribution in [0.15, 0.2) is 36.4 Å². The first kappa shape index (κ1) is 18.9. The minimum Gasteiger partial charge on any atom is -0.444 e. The molecule has 1 amide bonds. The van der Waals surface area contributed by atoms with Crippen LogP contribution in [-0.4, -0.2) is 17.5 Å². The Hall–Kier alpha value is -2.10. The van der Waals surface area contributed by atoms with Crippen molar-refractivity contribution in [1.82, 2.24) is 0 Å². The highest BCUT2D eigenvalue weighted by atomic mass is 16.6. The summed E-state index contributed by atoms with van der Waals surface area (Å²) >= 11 is 0. The number of unbranched alkanes of at least 4 members (excludes halogenated alkanes) is 1. The van der Waals surface area contributed by atoms with Crippen molar-refractivity contribution in [3.05, 3.63) is 42.0 Å². The third kappa shape index (κ3) is 8.19. The lowest BCUT2D eigenvalue weighted by molar-refractivity contribution is -0.117. The highest BCUT2D eigenvalue weighted by Crippen LogP contribution is 2.18. The molecular weight excluding hydrogens is 290 g/mol. The number of carbonyl (C=O) groups is 2. The van der Waals surface area contributed by atoms with Gasteiger partial charge in [0.25, 0.3) is 0 Å². The van der Waals surface area contributed by atoms with Crippen LogP contribution in [0, 0.1) is 0 Å². The van der Waals surface area contributed by atoms with Gasteiger partial charge in [0.05, 0.1) is 0 Å². The van der Waals surface area contributed by atoms with Crippen LogP contribution >= 0.6 is 0 Å². The Morgan fingerprint density at radius 2 is 1.87 bits per heavy atom. The van der Waals surface area contributed by atoms with E-state index in [0.717, 1.165) is 18.4 Å². The summed E-state index contributed by atoms with van der Waals surface area (Å²) in [5, 5.41) is 2.72. The van der Waals surface area contributed by atoms with Crippen LogP contribution in [0.1, 0.15) is 52.5 Å². The Kier molecular flexibility index (Phi) is 7.52. The third-order valence-corrected chi connectivity index (χ3v) is 3.01. The molecule has 0 atom stereocenters. The van der Waals surface area contributed by atoms with E-state index < -0.39 is 11.7 Å². The van der Waals surface area contributed by atoms with Gasteiger partial charge < -0.3 is 4.74 Å². The lowest BCUT2D eigenvalue weighted by atomic mass is 10.0. The number of para-hydroxylation sites is 1. The number of amides is 1. The van der Waals surface area contributed by atoms with E-state index in [9.17, 15) is 9.59 Å². The van der Waals surface area contributed by atoms with Gasteiger partial charge in [-0.1, -0.05) is 43.7 Å². The summed E-state index contributed by atoms with van der Waals surface area (Å²) in [7, 11) is 0. The molecule has 0 aliphatic heterocycles. The van der Waals surface area contributed by atoms with Gasteiger partial charge in [0, 0.05) is 18.5 Å². The van der Waals surface area contributed by atoms with Crippen LogP contribution in [0.5, 0.6) is 0 Å². The topological polar surface area (TPSA) is 55.4 Å². The summed E-state index contributed by atoms with van der Waals surface area (Å²) in [6, 6.07) is 7.30. The normalized spacial score (nSPS) is 11.5. The Bertz CT molecular complexity index is 556. The monoisotopic (exact) mass is 317 g/mol. The van der Waals surface area contributed by atoms with Crippen LogP contribution in [0.3, 0.4) is 0 Å². The molecule has 0 saturated carbocycles. The number of ether oxygens (including phenoxy) is 1. The van der Waals surface area contributed by atoms with Crippen LogP contribution in [0.4, 0.5) is 10.5 Å². The Morgan fingerprint density at radius 3 is 2.52 bits per heavy atom. The van der Waals surface area contributed by atoms with Crippen molar-refractivity contribution in [2.75, 3.05) is 5.32 Å². The first-order valence-corrected chi connectivity index (χ1v) is 8.06. The predicted molar refractivity (Wildman–Crippen MR) is 93.7 cm³/mol. The van der Waals surface area contributed by atoms with Gasteiger partial charge in [-0.25, -0.2) is 4.79 Å². The zero-order valence-electron chi connectivity index (χ0n) is 14.5. The molecule has 0 bridgehead atoms. The van der Waals surface area contributed by atoms with Gasteiger partial charge in [0.15, 0.2) is 0 Å². The average molecular weight is 317 g/mol. The molecule has 0 saturated heterocycles. The Labute approximate surface area is 138 Å². The van der Waals surface area contributed by atoms with E-state index in [1.165, 1.54) is 0 Å². The van der Waals surface area contributed by atoms with E-state index in [-0.39, 0.29) is 5.78 Å². The number of hydrogen-bond donors (Lipinski definition) is 1. The predicted octanol–water partition coefficient (Wildman–Crippen LogP) is 4.89. The first-order chi connectivity index (χ1) is 10.8. The lowest BCUT2D eigenvalue weighted by Crippen LogP contribution is -2.27. The summed E-state index contributed by atoms with van der Waals surface area (Å²) in [6.07, 6.45) is 6.21. The standard InChI is InChI=1S/C19H27NO3/c1-5-6-7-8-12-16(21)14-15-11-9-10-13-17(15)20-18(22)23-19(2,3)4/h7-11,13H,5-6,12,14H2,1-4H3,(H,20,22)/b8-7+. The molecule has 1 N–H and O–H groups in total. The number of anilines is 1. The first-order valence-electron chi connectivity index (χ1n) is 8.06. The highest BCUT2D eigenvalue weighted by molar-refractivity contribution is 5.89. The Morgan fingerprint density at radius 1 is 1.17 bits per heavy atom. The van der Waals surface area contributed by atoms with E-state index >= 15 is 0 Å². The molecule has 0 spiro atoms. The van der Waals surface area contributed by atoms with Crippen molar-refractivity contribution >= 4 is 17.6 Å². The zero-order valence-corrected chi connectivity index (χ0v) is 14.5. The van der Waals surface area contributed by atoms with Crippen LogP contribution in [0.25, 0.3) is 0 Å². The highest BCUT2D eigenvalue weighted by Gasteiger charge is 2.17. The molecule has 0 aromatic heterocycles. The van der Waals surface area contributed by atoms with Crippen molar-refractivity contribution in [2.45, 2.75) is 59.0 Å². The summed E-state index contributed by atoms with van der Waals surface area (Å²) in [5.74, 6) is 0.121. The maximum Gasteiger partial charge on any atom is 0.412 e. The fraction of sp³-hybridized carbons (Fsp3) is 0.474. The number of allylic oxidation sites excluding steroid dienone is 2. The lowest BCUT2D eigenvalue weighted by Gasteiger charge is -2.20. The number of nitrogens with one attached hydrogen (secondary N) is 1. The van der Waals surface area contributed by atoms with Gasteiger partial charge in [-0.2, -0.15) is 0 Å². The molecule has 23 heavy (non-hydrogen) atoms. The smallest absolute Gasteiger partial charge is 0.412 e. The molecule has 0 radical (unpaired) electrons. The number of Topliss-reactive ketones (excluding diaryl/α,β-unsaturated/α-hetero) is 1. The maximum atomic E-state index is 12.0. The number of benzene rings is 1. The fourth-order valence-corrected chi connectivity index (χ4v) is 1.99. The van der Waals surface area contributed by atoms with Gasteiger partial charge in [-0.3, -0.25) is 10.1 Å². The minimum atomic E-state index is -0.557. The molecule has 0 aliphatic rings. The van der Waals surface area contributed by atoms with Gasteiger partial charge in [-0.15, -0.1) is 0 Å². The number of ketones is 1. The second kappa shape index (κ2) is 9.13. The Balaban J connectivity index is 2.66. The minimum absolute atomic E-state index is 0.121. The number of rotatable bonds is 7. The molecule has 126 valence electrons. The number of carbonyl (C=O) groups excluding carboxylic acids is 2. The van der Waals surface area contributed by atoms with Crippen molar-refractivity contribution in [2.24, 2.45) is 0 Å². The van der Waals surface area contributed by atoms with E-state index in [4.69, 9.17) is 4.74 Å². The molecule has 1 aromatic carbocycles. The van der Waals surface area contributed by atoms with Crippen LogP contribution in [-0.2, 0) is 16.0 Å². The maximum absolute atomic E-state index is 12.0. The van der Waals surface area contributed by atoms with E-state index in [1.807, 2.05) is 51.1 Å². The zero-order chi connectivity index (χ0) is 17.3. The summed E-state index contributed by atoms with van der Waals surface area (Å²) in [5.41, 5.74) is 0.860. The quantitative estimate of drug-likeness (QED) is 0.728. The summed E-state index contributed by atoms with van der Waals surface area (Å²) < 4.78 is 5.25. The molecule has 0 aliphatic carbocycles. The molecule has 4 heteroatoms. The fourth-order valence-electron chi connectivity index (χ4n) is 1.99. The van der Waals surface area contributed by atoms with Crippen molar-refractivity contribution in [3.8, 4) is 0 Å². The second-order valence-electron chi connectivity index (χ2n) is 6.46. The van der Waals surface area contributed by atoms with E-state index in [1.54, 1.807) is 6.07 Å². The van der Waals surface area contributed by atoms with Crippen molar-refractivity contribution in [1.29, 1.82) is 0 Å². The van der Waals surface area contributed by atoms with Gasteiger partial charge in [-0.05, 0) is 38.8 Å². The molecule has 0 heterocycles. The number of hydrogen-bond acceptors (Lipinski definition) is 3. The van der Waals surface area contributed by atoms with Crippen molar-refractivity contribution < 1.29 is 14.3 Å². The van der Waals surface area contributed by atoms with Gasteiger partial charge >= 0.3 is 6.09 Å². The average Bonchev–Trinajstić information content (AvgIpc) is 2.44. The van der Waals surface area contributed by atoms with Crippen molar-refractivity contribution in [3.63, 3.8) is 0 Å². The largest absolute Gasteiger partial charge is 0.444 e. The summed E-state index contributed by atoms with van der Waals surface area (Å²) in [6.45, 7) is 7.53. The molecule has 1 rings (SSSR count). The van der Waals surface area contributed by atoms with E-state index in [2.05, 4.69) is 12.2 Å². The summed E-state index contributed by atoms with van der Waals surface area (Å²) in [4.78, 5) is 23.9. The van der Waals surface area contributed by atoms with Crippen LogP contribution < -0.4 is 5.32 Å². The molecular formula is C19H27NO3. The molecule has 0 fully saturated rings. The van der Waals surface area contributed by atoms with E-state index in [0.29, 0.717) is 18.5 Å². The van der Waals surface area contributed by atoms with Gasteiger partial charge in [0.1, 0.15) is 11.4 Å². The van der Waals surface area contributed by atoms with Gasteiger partial charge in [0.2, 0.25) is 0 Å². The van der Waals surface area contributed by atoms with Crippen LogP contribution in [0.2, 0.25) is 0 Å².